The minimum atomic E-state index is -0.945. The number of hydrogen-bond donors (Lipinski definition) is 0. The van der Waals surface area contributed by atoms with Gasteiger partial charge in [0, 0.05) is 18.5 Å². The number of carbonyl (C=O) groups excluding carboxylic acids is 1. The van der Waals surface area contributed by atoms with Gasteiger partial charge in [-0.1, -0.05) is 75.1 Å². The summed E-state index contributed by atoms with van der Waals surface area (Å²) in [6.45, 7) is 16.1. The molecule has 3 nitrogen and oxygen atoms in total. The van der Waals surface area contributed by atoms with Crippen LogP contribution < -0.4 is 5.11 Å². The molecule has 0 N–H and O–H groups in total. The van der Waals surface area contributed by atoms with Gasteiger partial charge >= 0.3 is 0 Å². The van der Waals surface area contributed by atoms with Crippen LogP contribution in [-0.2, 0) is 9.53 Å². The molecule has 0 fully saturated rings. The minimum Gasteiger partial charge on any atom is -0.550 e. The van der Waals surface area contributed by atoms with Gasteiger partial charge in [-0.05, 0) is 102 Å². The average molecular weight is 486 g/mol. The molecule has 3 heteroatoms. The number of carboxylic acids is 1. The first-order chi connectivity index (χ1) is 16.6. The Morgan fingerprint density at radius 3 is 2.26 bits per heavy atom. The second-order valence-corrected chi connectivity index (χ2v) is 11.1. The van der Waals surface area contributed by atoms with Crippen molar-refractivity contribution >= 4 is 5.97 Å². The van der Waals surface area contributed by atoms with Crippen molar-refractivity contribution < 1.29 is 14.6 Å². The van der Waals surface area contributed by atoms with E-state index in [9.17, 15) is 9.90 Å². The summed E-state index contributed by atoms with van der Waals surface area (Å²) in [5.41, 5.74) is 5.77. The van der Waals surface area contributed by atoms with Gasteiger partial charge in [0.05, 0.1) is 6.10 Å². The quantitative estimate of drug-likeness (QED) is 0.145. The molecule has 0 amide bonds. The molecular weight excluding hydrogens is 432 g/mol. The lowest BCUT2D eigenvalue weighted by Gasteiger charge is -2.31. The molecule has 4 unspecified atom stereocenters. The van der Waals surface area contributed by atoms with Crippen LogP contribution in [0.3, 0.4) is 0 Å². The van der Waals surface area contributed by atoms with Crippen molar-refractivity contribution in [2.75, 3.05) is 6.61 Å². The highest BCUT2D eigenvalue weighted by molar-refractivity contribution is 5.66. The second-order valence-electron chi connectivity index (χ2n) is 11.1. The summed E-state index contributed by atoms with van der Waals surface area (Å²) in [6, 6.07) is 0. The molecule has 0 radical (unpaired) electrons. The van der Waals surface area contributed by atoms with Crippen LogP contribution in [0.1, 0.15) is 119 Å². The maximum Gasteiger partial charge on any atom is 0.0850 e. The zero-order chi connectivity index (χ0) is 26.2. The van der Waals surface area contributed by atoms with E-state index in [1.807, 2.05) is 0 Å². The predicted octanol–water partition coefficient (Wildman–Crippen LogP) is 8.12. The third kappa shape index (κ3) is 13.3. The summed E-state index contributed by atoms with van der Waals surface area (Å²) in [6.07, 6.45) is 21.5. The van der Waals surface area contributed by atoms with Crippen molar-refractivity contribution in [1.82, 2.24) is 0 Å². The van der Waals surface area contributed by atoms with E-state index in [4.69, 9.17) is 4.74 Å². The number of ether oxygens (including phenoxy) is 1. The van der Waals surface area contributed by atoms with Crippen molar-refractivity contribution in [2.24, 2.45) is 17.8 Å². The minimum absolute atomic E-state index is 0.260. The molecule has 1 rings (SSSR count). The highest BCUT2D eigenvalue weighted by atomic mass is 16.5. The summed E-state index contributed by atoms with van der Waals surface area (Å²) in [4.78, 5) is 10.8. The Morgan fingerprint density at radius 1 is 1.03 bits per heavy atom. The van der Waals surface area contributed by atoms with E-state index in [1.165, 1.54) is 41.6 Å². The van der Waals surface area contributed by atoms with Crippen LogP contribution in [0.25, 0.3) is 0 Å². The van der Waals surface area contributed by atoms with Crippen molar-refractivity contribution in [3.8, 4) is 0 Å². The first-order valence-electron chi connectivity index (χ1n) is 14.2. The molecule has 35 heavy (non-hydrogen) atoms. The molecular formula is C32H53O3-. The third-order valence-electron chi connectivity index (χ3n) is 7.61. The molecule has 0 aromatic heterocycles. The van der Waals surface area contributed by atoms with Crippen molar-refractivity contribution in [3.63, 3.8) is 0 Å². The van der Waals surface area contributed by atoms with Gasteiger partial charge in [0.1, 0.15) is 0 Å². The van der Waals surface area contributed by atoms with Gasteiger partial charge in [0.25, 0.3) is 0 Å². The Balaban J connectivity index is 2.32. The number of rotatable bonds is 18. The Hall–Kier alpha value is -1.61. The van der Waals surface area contributed by atoms with Crippen LogP contribution in [0.5, 0.6) is 0 Å². The molecule has 0 aromatic rings. The van der Waals surface area contributed by atoms with E-state index < -0.39 is 5.97 Å². The van der Waals surface area contributed by atoms with Crippen LogP contribution in [0.4, 0.5) is 0 Å². The average Bonchev–Trinajstić information content (AvgIpc) is 2.81. The predicted molar refractivity (Wildman–Crippen MR) is 148 cm³/mol. The van der Waals surface area contributed by atoms with E-state index in [2.05, 4.69) is 65.8 Å². The molecule has 0 bridgehead atoms. The zero-order valence-electron chi connectivity index (χ0n) is 23.8. The molecule has 4 atom stereocenters. The van der Waals surface area contributed by atoms with E-state index in [-0.39, 0.29) is 12.0 Å². The number of allylic oxidation sites excluding steroid dienone is 6. The van der Waals surface area contributed by atoms with Crippen LogP contribution >= 0.6 is 0 Å². The van der Waals surface area contributed by atoms with Gasteiger partial charge in [-0.3, -0.25) is 0 Å². The second kappa shape index (κ2) is 17.8. The third-order valence-corrected chi connectivity index (χ3v) is 7.61. The summed E-state index contributed by atoms with van der Waals surface area (Å²) in [7, 11) is 0. The largest absolute Gasteiger partial charge is 0.550 e. The van der Waals surface area contributed by atoms with Crippen LogP contribution in [-0.4, -0.2) is 18.7 Å². The van der Waals surface area contributed by atoms with Gasteiger partial charge in [0.2, 0.25) is 0 Å². The lowest BCUT2D eigenvalue weighted by molar-refractivity contribution is -0.311. The number of carbonyl (C=O) groups is 1. The van der Waals surface area contributed by atoms with Gasteiger partial charge in [0.15, 0.2) is 0 Å². The highest BCUT2D eigenvalue weighted by Gasteiger charge is 2.26. The van der Waals surface area contributed by atoms with Gasteiger partial charge in [-0.25, -0.2) is 0 Å². The maximum atomic E-state index is 10.8. The highest BCUT2D eigenvalue weighted by Crippen LogP contribution is 2.32. The SMILES string of the molecule is CCCCOC1C(CCC(C)CC/C=C(\C)CCC/C(C)=C/CCC(C)C(=O)[O-])=CC=C(C)C1C. The molecule has 0 spiro atoms. The molecule has 0 saturated heterocycles. The van der Waals surface area contributed by atoms with Crippen LogP contribution in [0.15, 0.2) is 46.6 Å². The molecule has 200 valence electrons. The number of carboxylic acid groups (broad SMARTS) is 1. The lowest BCUT2D eigenvalue weighted by atomic mass is 9.83. The molecule has 0 aliphatic heterocycles. The number of aliphatic carboxylic acids is 1. The fraction of sp³-hybridized carbons (Fsp3) is 0.719. The van der Waals surface area contributed by atoms with E-state index in [0.717, 1.165) is 51.6 Å². The Labute approximate surface area is 216 Å². The summed E-state index contributed by atoms with van der Waals surface area (Å²) >= 11 is 0. The van der Waals surface area contributed by atoms with Gasteiger partial charge in [-0.15, -0.1) is 0 Å². The van der Waals surface area contributed by atoms with Gasteiger partial charge < -0.3 is 14.6 Å². The molecule has 1 aliphatic rings. The van der Waals surface area contributed by atoms with Crippen molar-refractivity contribution in [1.29, 1.82) is 0 Å². The summed E-state index contributed by atoms with van der Waals surface area (Å²) in [5, 5.41) is 10.8. The molecule has 1 aliphatic carbocycles. The van der Waals surface area contributed by atoms with Crippen molar-refractivity contribution in [3.05, 3.63) is 46.6 Å². The molecule has 0 heterocycles. The standard InChI is InChI=1S/C32H54O3/c1-8-9-23-35-31-29(7)27(5)20-22-30(31)21-19-26(4)16-11-15-24(2)13-10-14-25(3)17-12-18-28(6)32(33)34/h15,17,20,22,26,28-29,31H,8-14,16,18-19,21,23H2,1-7H3,(H,33,34)/p-1/b24-15+,25-17+. The topological polar surface area (TPSA) is 49.4 Å². The zero-order valence-corrected chi connectivity index (χ0v) is 23.8. The fourth-order valence-corrected chi connectivity index (χ4v) is 4.60. The first-order valence-corrected chi connectivity index (χ1v) is 14.2. The molecule has 0 saturated carbocycles. The van der Waals surface area contributed by atoms with Crippen LogP contribution in [0, 0.1) is 17.8 Å². The maximum absolute atomic E-state index is 10.8. The van der Waals surface area contributed by atoms with Gasteiger partial charge in [-0.2, -0.15) is 0 Å². The summed E-state index contributed by atoms with van der Waals surface area (Å²) in [5.74, 6) is -0.111. The lowest BCUT2D eigenvalue weighted by Crippen LogP contribution is -2.29. The first kappa shape index (κ1) is 31.4. The number of hydrogen-bond acceptors (Lipinski definition) is 3. The van der Waals surface area contributed by atoms with E-state index in [0.29, 0.717) is 18.3 Å². The monoisotopic (exact) mass is 485 g/mol. The smallest absolute Gasteiger partial charge is 0.0850 e. The number of unbranched alkanes of at least 4 members (excludes halogenated alkanes) is 1. The summed E-state index contributed by atoms with van der Waals surface area (Å²) < 4.78 is 6.31. The fourth-order valence-electron chi connectivity index (χ4n) is 4.60. The normalized spacial score (nSPS) is 20.9. The Morgan fingerprint density at radius 2 is 1.66 bits per heavy atom. The van der Waals surface area contributed by atoms with Crippen molar-refractivity contribution in [2.45, 2.75) is 125 Å². The molecule has 0 aromatic carbocycles. The van der Waals surface area contributed by atoms with E-state index in [1.54, 1.807) is 6.92 Å². The van der Waals surface area contributed by atoms with Crippen LogP contribution in [0.2, 0.25) is 0 Å². The Bertz CT molecular complexity index is 740. The Kier molecular flexibility index (Phi) is 15.9. The van der Waals surface area contributed by atoms with E-state index >= 15 is 0 Å².